The van der Waals surface area contributed by atoms with Gasteiger partial charge in [0.05, 0.1) is 12.1 Å². The molecule has 1 aliphatic heterocycles. The minimum absolute atomic E-state index is 0.0283. The summed E-state index contributed by atoms with van der Waals surface area (Å²) in [5, 5.41) is 3.17. The van der Waals surface area contributed by atoms with Crippen LogP contribution >= 0.6 is 0 Å². The number of amides is 2. The normalized spacial score (nSPS) is 31.5. The molecule has 1 aromatic carbocycles. The van der Waals surface area contributed by atoms with Crippen molar-refractivity contribution in [2.75, 3.05) is 19.7 Å². The molecule has 0 radical (unpaired) electrons. The summed E-state index contributed by atoms with van der Waals surface area (Å²) in [4.78, 5) is 27.9. The van der Waals surface area contributed by atoms with E-state index in [1.807, 2.05) is 30.3 Å². The molecule has 0 bridgehead atoms. The van der Waals surface area contributed by atoms with Crippen LogP contribution in [0.4, 0.5) is 0 Å². The Morgan fingerprint density at radius 3 is 2.48 bits per heavy atom. The average molecular weight is 399 g/mol. The van der Waals surface area contributed by atoms with Gasteiger partial charge in [-0.15, -0.1) is 0 Å². The van der Waals surface area contributed by atoms with Crippen molar-refractivity contribution in [2.24, 2.45) is 17.8 Å². The molecular formula is C24H34N2O3. The lowest BCUT2D eigenvalue weighted by atomic mass is 9.82. The lowest BCUT2D eigenvalue weighted by Gasteiger charge is -2.37. The molecule has 1 N–H and O–H groups in total. The molecule has 0 unspecified atom stereocenters. The molecule has 3 aliphatic rings. The van der Waals surface area contributed by atoms with Gasteiger partial charge >= 0.3 is 0 Å². The van der Waals surface area contributed by atoms with Crippen LogP contribution in [-0.2, 0) is 9.53 Å². The maximum absolute atomic E-state index is 13.2. The molecule has 158 valence electrons. The summed E-state index contributed by atoms with van der Waals surface area (Å²) in [7, 11) is 0. The van der Waals surface area contributed by atoms with E-state index in [0.717, 1.165) is 44.2 Å². The second kappa shape index (κ2) is 9.29. The average Bonchev–Trinajstić information content (AvgIpc) is 3.35. The van der Waals surface area contributed by atoms with Crippen LogP contribution in [0.2, 0.25) is 0 Å². The lowest BCUT2D eigenvalue weighted by molar-refractivity contribution is -0.138. The van der Waals surface area contributed by atoms with Crippen molar-refractivity contribution in [1.82, 2.24) is 10.2 Å². The number of carbonyl (C=O) groups is 2. The fraction of sp³-hybridized carbons (Fsp3) is 0.667. The van der Waals surface area contributed by atoms with Crippen LogP contribution in [0, 0.1) is 17.8 Å². The number of benzene rings is 1. The summed E-state index contributed by atoms with van der Waals surface area (Å²) in [6, 6.07) is 9.29. The molecule has 1 heterocycles. The smallest absolute Gasteiger partial charge is 0.251 e. The highest BCUT2D eigenvalue weighted by atomic mass is 16.5. The van der Waals surface area contributed by atoms with Crippen LogP contribution in [0.1, 0.15) is 62.2 Å². The number of ether oxygens (including phenoxy) is 1. The number of fused-ring (bicyclic) bond motifs is 1. The predicted octanol–water partition coefficient (Wildman–Crippen LogP) is 3.64. The number of likely N-dealkylation sites (tertiary alicyclic amines) is 1. The first-order valence-electron chi connectivity index (χ1n) is 11.4. The first-order chi connectivity index (χ1) is 14.2. The molecule has 2 aliphatic carbocycles. The zero-order valence-corrected chi connectivity index (χ0v) is 17.5. The van der Waals surface area contributed by atoms with Crippen molar-refractivity contribution < 1.29 is 14.3 Å². The van der Waals surface area contributed by atoms with E-state index in [2.05, 4.69) is 17.1 Å². The molecule has 4 rings (SSSR count). The largest absolute Gasteiger partial charge is 0.376 e. The molecule has 2 amide bonds. The molecule has 5 nitrogen and oxygen atoms in total. The summed E-state index contributed by atoms with van der Waals surface area (Å²) < 4.78 is 6.11. The van der Waals surface area contributed by atoms with E-state index in [4.69, 9.17) is 4.74 Å². The summed E-state index contributed by atoms with van der Waals surface area (Å²) in [6.45, 7) is 4.66. The fourth-order valence-corrected chi connectivity index (χ4v) is 5.49. The van der Waals surface area contributed by atoms with E-state index in [0.29, 0.717) is 24.5 Å². The van der Waals surface area contributed by atoms with Gasteiger partial charge in [-0.1, -0.05) is 31.5 Å². The van der Waals surface area contributed by atoms with Gasteiger partial charge in [0.2, 0.25) is 5.91 Å². The molecule has 0 spiro atoms. The Kier molecular flexibility index (Phi) is 6.53. The summed E-state index contributed by atoms with van der Waals surface area (Å²) in [6.07, 6.45) is 7.09. The Bertz CT molecular complexity index is 695. The third-order valence-corrected chi connectivity index (χ3v) is 7.07. The maximum Gasteiger partial charge on any atom is 0.251 e. The van der Waals surface area contributed by atoms with Crippen LogP contribution in [-0.4, -0.2) is 48.6 Å². The van der Waals surface area contributed by atoms with E-state index in [-0.39, 0.29) is 24.0 Å². The number of nitrogens with one attached hydrogen (secondary N) is 1. The van der Waals surface area contributed by atoms with Crippen molar-refractivity contribution in [3.05, 3.63) is 35.9 Å². The van der Waals surface area contributed by atoms with Gasteiger partial charge < -0.3 is 15.0 Å². The SMILES string of the molecule is CCCO[C@H]1C[C@@H](C(=O)N2C[C@H]3CCC[C@H]3C2)CC[C@@H]1NC(=O)c1ccccc1. The topological polar surface area (TPSA) is 58.6 Å². The molecule has 3 fully saturated rings. The summed E-state index contributed by atoms with van der Waals surface area (Å²) in [5.41, 5.74) is 0.670. The predicted molar refractivity (Wildman–Crippen MR) is 112 cm³/mol. The third kappa shape index (κ3) is 4.66. The first-order valence-corrected chi connectivity index (χ1v) is 11.4. The quantitative estimate of drug-likeness (QED) is 0.796. The molecule has 5 atom stereocenters. The Morgan fingerprint density at radius 1 is 1.07 bits per heavy atom. The van der Waals surface area contributed by atoms with E-state index in [9.17, 15) is 9.59 Å². The van der Waals surface area contributed by atoms with Gasteiger partial charge in [-0.2, -0.15) is 0 Å². The second-order valence-electron chi connectivity index (χ2n) is 9.06. The summed E-state index contributed by atoms with van der Waals surface area (Å²) in [5.74, 6) is 1.75. The third-order valence-electron chi connectivity index (χ3n) is 7.07. The number of rotatable bonds is 6. The van der Waals surface area contributed by atoms with Crippen molar-refractivity contribution >= 4 is 11.8 Å². The van der Waals surface area contributed by atoms with Crippen molar-refractivity contribution in [3.8, 4) is 0 Å². The minimum Gasteiger partial charge on any atom is -0.376 e. The van der Waals surface area contributed by atoms with Crippen molar-refractivity contribution in [3.63, 3.8) is 0 Å². The van der Waals surface area contributed by atoms with Gasteiger partial charge in [0.15, 0.2) is 0 Å². The van der Waals surface area contributed by atoms with Crippen LogP contribution in [0.15, 0.2) is 30.3 Å². The minimum atomic E-state index is -0.0904. The first kappa shape index (κ1) is 20.4. The number of carbonyl (C=O) groups excluding carboxylic acids is 2. The highest BCUT2D eigenvalue weighted by Crippen LogP contribution is 2.39. The molecular weight excluding hydrogens is 364 g/mol. The van der Waals surface area contributed by atoms with Crippen LogP contribution in [0.5, 0.6) is 0 Å². The van der Waals surface area contributed by atoms with E-state index < -0.39 is 0 Å². The Hall–Kier alpha value is -1.88. The highest BCUT2D eigenvalue weighted by molar-refractivity contribution is 5.94. The Balaban J connectivity index is 1.37. The van der Waals surface area contributed by atoms with Gasteiger partial charge in [0, 0.05) is 31.2 Å². The van der Waals surface area contributed by atoms with Gasteiger partial charge in [-0.05, 0) is 62.5 Å². The zero-order chi connectivity index (χ0) is 20.2. The molecule has 5 heteroatoms. The van der Waals surface area contributed by atoms with Crippen LogP contribution in [0.25, 0.3) is 0 Å². The number of hydrogen-bond donors (Lipinski definition) is 1. The molecule has 0 aromatic heterocycles. The van der Waals surface area contributed by atoms with Crippen molar-refractivity contribution in [2.45, 2.75) is 64.0 Å². The molecule has 1 saturated heterocycles. The maximum atomic E-state index is 13.2. The number of nitrogens with zero attached hydrogens (tertiary/aromatic N) is 1. The molecule has 1 aromatic rings. The molecule has 2 saturated carbocycles. The van der Waals surface area contributed by atoms with Crippen LogP contribution < -0.4 is 5.32 Å². The van der Waals surface area contributed by atoms with Gasteiger partial charge in [0.25, 0.3) is 5.91 Å². The fourth-order valence-electron chi connectivity index (χ4n) is 5.49. The Labute approximate surface area is 174 Å². The van der Waals surface area contributed by atoms with E-state index in [1.165, 1.54) is 19.3 Å². The van der Waals surface area contributed by atoms with Crippen LogP contribution in [0.3, 0.4) is 0 Å². The molecule has 29 heavy (non-hydrogen) atoms. The standard InChI is InChI=1S/C24H34N2O3/c1-2-13-29-22-14-18(24(28)26-15-19-9-6-10-20(19)16-26)11-12-21(22)25-23(27)17-7-4-3-5-8-17/h3-5,7-8,18-22H,2,6,9-16H2,1H3,(H,25,27)/t18-,19-,20+,21-,22-/m0/s1. The summed E-state index contributed by atoms with van der Waals surface area (Å²) >= 11 is 0. The lowest BCUT2D eigenvalue weighted by Crippen LogP contribution is -2.50. The van der Waals surface area contributed by atoms with Crippen molar-refractivity contribution in [1.29, 1.82) is 0 Å². The number of hydrogen-bond acceptors (Lipinski definition) is 3. The van der Waals surface area contributed by atoms with E-state index in [1.54, 1.807) is 0 Å². The van der Waals surface area contributed by atoms with Gasteiger partial charge in [-0.25, -0.2) is 0 Å². The van der Waals surface area contributed by atoms with Gasteiger partial charge in [0.1, 0.15) is 0 Å². The zero-order valence-electron chi connectivity index (χ0n) is 17.5. The van der Waals surface area contributed by atoms with E-state index >= 15 is 0 Å². The highest BCUT2D eigenvalue weighted by Gasteiger charge is 2.42. The monoisotopic (exact) mass is 398 g/mol. The van der Waals surface area contributed by atoms with Gasteiger partial charge in [-0.3, -0.25) is 9.59 Å². The Morgan fingerprint density at radius 2 is 1.79 bits per heavy atom. The second-order valence-corrected chi connectivity index (χ2v) is 9.06.